The second-order valence-electron chi connectivity index (χ2n) is 9.71. The quantitative estimate of drug-likeness (QED) is 0.676. The summed E-state index contributed by atoms with van der Waals surface area (Å²) >= 11 is 0. The van der Waals surface area contributed by atoms with Crippen LogP contribution in [0.2, 0.25) is 0 Å². The first kappa shape index (κ1) is 24.4. The predicted molar refractivity (Wildman–Crippen MR) is 124 cm³/mol. The highest BCUT2D eigenvalue weighted by Crippen LogP contribution is 2.23. The van der Waals surface area contributed by atoms with Crippen molar-refractivity contribution in [1.82, 2.24) is 30.0 Å². The number of carbonyl (C=O) groups excluding carboxylic acids is 2. The molecule has 1 fully saturated rings. The number of fused-ring (bicyclic) bond motifs is 1. The molecule has 0 saturated carbocycles. The molecule has 2 N–H and O–H groups in total. The number of imidazole rings is 1. The highest BCUT2D eigenvalue weighted by atomic mass is 16.5. The number of morpholine rings is 1. The third kappa shape index (κ3) is 5.96. The largest absolute Gasteiger partial charge is 0.379 e. The first-order chi connectivity index (χ1) is 15.2. The van der Waals surface area contributed by atoms with Gasteiger partial charge in [-0.1, -0.05) is 26.8 Å². The molecule has 32 heavy (non-hydrogen) atoms. The number of carbonyl (C=O) groups is 2. The molecule has 9 heteroatoms. The maximum Gasteiger partial charge on any atom is 0.272 e. The Morgan fingerprint density at radius 1 is 1.19 bits per heavy atom. The highest BCUT2D eigenvalue weighted by molar-refractivity contribution is 5.97. The Balaban J connectivity index is 1.86. The van der Waals surface area contributed by atoms with E-state index in [4.69, 9.17) is 9.72 Å². The van der Waals surface area contributed by atoms with Gasteiger partial charge in [-0.2, -0.15) is 0 Å². The first-order valence-electron chi connectivity index (χ1n) is 11.5. The molecule has 2 aliphatic heterocycles. The average Bonchev–Trinajstić information content (AvgIpc) is 2.96. The van der Waals surface area contributed by atoms with E-state index in [9.17, 15) is 9.59 Å². The summed E-state index contributed by atoms with van der Waals surface area (Å²) in [6.07, 6.45) is 5.12. The summed E-state index contributed by atoms with van der Waals surface area (Å²) in [7, 11) is 3.64. The van der Waals surface area contributed by atoms with Crippen molar-refractivity contribution in [2.75, 3.05) is 53.5 Å². The SMILES string of the molecule is CNC(=O)[C@@H](NC(=O)c1nc(/C=C/CN2CCOCC2)n2c1CN(C)CCC2)C(C)(C)C. The molecule has 1 atom stereocenters. The predicted octanol–water partition coefficient (Wildman–Crippen LogP) is 0.955. The zero-order valence-corrected chi connectivity index (χ0v) is 20.1. The lowest BCUT2D eigenvalue weighted by molar-refractivity contribution is -0.124. The molecule has 0 bridgehead atoms. The minimum atomic E-state index is -0.652. The van der Waals surface area contributed by atoms with Gasteiger partial charge in [0.1, 0.15) is 11.9 Å². The maximum atomic E-state index is 13.3. The molecule has 0 unspecified atom stereocenters. The van der Waals surface area contributed by atoms with Crippen molar-refractivity contribution in [1.29, 1.82) is 0 Å². The van der Waals surface area contributed by atoms with Crippen molar-refractivity contribution in [2.45, 2.75) is 46.3 Å². The molecule has 1 aromatic heterocycles. The maximum absolute atomic E-state index is 13.3. The van der Waals surface area contributed by atoms with Crippen LogP contribution in [0.4, 0.5) is 0 Å². The van der Waals surface area contributed by atoms with E-state index in [2.05, 4.69) is 38.1 Å². The van der Waals surface area contributed by atoms with E-state index in [-0.39, 0.29) is 11.8 Å². The Morgan fingerprint density at radius 3 is 2.56 bits per heavy atom. The molecule has 0 radical (unpaired) electrons. The monoisotopic (exact) mass is 446 g/mol. The van der Waals surface area contributed by atoms with Crippen LogP contribution in [-0.2, 0) is 22.6 Å². The van der Waals surface area contributed by atoms with E-state index in [0.717, 1.165) is 63.9 Å². The summed E-state index contributed by atoms with van der Waals surface area (Å²) in [6, 6.07) is -0.652. The topological polar surface area (TPSA) is 91.7 Å². The third-order valence-electron chi connectivity index (χ3n) is 6.04. The van der Waals surface area contributed by atoms with E-state index >= 15 is 0 Å². The van der Waals surface area contributed by atoms with Crippen molar-refractivity contribution in [3.8, 4) is 0 Å². The molecule has 2 aliphatic rings. The Labute approximate surface area is 191 Å². The van der Waals surface area contributed by atoms with Gasteiger partial charge < -0.3 is 24.8 Å². The molecule has 9 nitrogen and oxygen atoms in total. The minimum absolute atomic E-state index is 0.209. The van der Waals surface area contributed by atoms with Crippen molar-refractivity contribution in [2.24, 2.45) is 5.41 Å². The Hall–Kier alpha value is -2.23. The van der Waals surface area contributed by atoms with Gasteiger partial charge in [0, 0.05) is 39.8 Å². The molecule has 3 rings (SSSR count). The van der Waals surface area contributed by atoms with Crippen molar-refractivity contribution in [3.05, 3.63) is 23.3 Å². The first-order valence-corrected chi connectivity index (χ1v) is 11.5. The lowest BCUT2D eigenvalue weighted by Crippen LogP contribution is -2.53. The number of rotatable bonds is 6. The molecule has 3 heterocycles. The number of nitrogens with one attached hydrogen (secondary N) is 2. The lowest BCUT2D eigenvalue weighted by Gasteiger charge is -2.29. The summed E-state index contributed by atoms with van der Waals surface area (Å²) < 4.78 is 7.57. The molecular formula is C23H38N6O3. The van der Waals surface area contributed by atoms with Crippen LogP contribution in [0.3, 0.4) is 0 Å². The van der Waals surface area contributed by atoms with E-state index in [1.54, 1.807) is 7.05 Å². The minimum Gasteiger partial charge on any atom is -0.379 e. The zero-order valence-electron chi connectivity index (χ0n) is 20.1. The van der Waals surface area contributed by atoms with E-state index in [0.29, 0.717) is 12.2 Å². The Kier molecular flexibility index (Phi) is 8.08. The van der Waals surface area contributed by atoms with E-state index in [1.165, 1.54) is 0 Å². The van der Waals surface area contributed by atoms with E-state index in [1.807, 2.05) is 26.8 Å². The fraction of sp³-hybridized carbons (Fsp3) is 0.696. The van der Waals surface area contributed by atoms with Crippen LogP contribution in [-0.4, -0.2) is 90.7 Å². The van der Waals surface area contributed by atoms with Gasteiger partial charge in [-0.15, -0.1) is 0 Å². The Morgan fingerprint density at radius 2 is 1.91 bits per heavy atom. The molecular weight excluding hydrogens is 408 g/mol. The van der Waals surface area contributed by atoms with E-state index < -0.39 is 11.5 Å². The van der Waals surface area contributed by atoms with Gasteiger partial charge in [-0.25, -0.2) is 4.98 Å². The normalized spacial score (nSPS) is 19.4. The van der Waals surface area contributed by atoms with Crippen LogP contribution >= 0.6 is 0 Å². The van der Waals surface area contributed by atoms with Crippen LogP contribution in [0, 0.1) is 5.41 Å². The highest BCUT2D eigenvalue weighted by Gasteiger charge is 2.34. The summed E-state index contributed by atoms with van der Waals surface area (Å²) in [5.74, 6) is 0.278. The van der Waals surface area contributed by atoms with Crippen LogP contribution < -0.4 is 10.6 Å². The number of ether oxygens (including phenoxy) is 1. The fourth-order valence-corrected chi connectivity index (χ4v) is 4.17. The van der Waals surface area contributed by atoms with Gasteiger partial charge in [0.15, 0.2) is 5.69 Å². The standard InChI is InChI=1S/C23H38N6O3/c1-23(2,3)20(22(31)24-4)26-21(30)19-17-16-27(5)9-7-11-29(17)18(25-19)8-6-10-28-12-14-32-15-13-28/h6,8,20H,7,9-16H2,1-5H3,(H,24,31)(H,26,30)/b8-6+/t20-/m1/s1. The number of likely N-dealkylation sites (N-methyl/N-ethyl adjacent to an activating group) is 1. The molecule has 1 aromatic rings. The van der Waals surface area contributed by atoms with Gasteiger partial charge in [0.25, 0.3) is 5.91 Å². The van der Waals surface area contributed by atoms with Crippen molar-refractivity contribution < 1.29 is 14.3 Å². The average molecular weight is 447 g/mol. The van der Waals surface area contributed by atoms with Gasteiger partial charge in [-0.3, -0.25) is 14.5 Å². The second kappa shape index (κ2) is 10.6. The molecule has 0 spiro atoms. The number of nitrogens with zero attached hydrogens (tertiary/aromatic N) is 4. The van der Waals surface area contributed by atoms with Gasteiger partial charge >= 0.3 is 0 Å². The van der Waals surface area contributed by atoms with Gasteiger partial charge in [0.05, 0.1) is 18.9 Å². The summed E-state index contributed by atoms with van der Waals surface area (Å²) in [6.45, 7) is 12.5. The van der Waals surface area contributed by atoms with Crippen molar-refractivity contribution in [3.63, 3.8) is 0 Å². The third-order valence-corrected chi connectivity index (χ3v) is 6.04. The van der Waals surface area contributed by atoms with Crippen molar-refractivity contribution >= 4 is 17.9 Å². The van der Waals surface area contributed by atoms with Crippen LogP contribution in [0.5, 0.6) is 0 Å². The molecule has 2 amide bonds. The number of aromatic nitrogens is 2. The Bertz CT molecular complexity index is 836. The molecule has 178 valence electrons. The number of hydrogen-bond donors (Lipinski definition) is 2. The molecule has 1 saturated heterocycles. The summed E-state index contributed by atoms with van der Waals surface area (Å²) in [5.41, 5.74) is 0.880. The fourth-order valence-electron chi connectivity index (χ4n) is 4.17. The van der Waals surface area contributed by atoms with Gasteiger partial charge in [-0.05, 0) is 31.5 Å². The number of amides is 2. The van der Waals surface area contributed by atoms with Crippen LogP contribution in [0.1, 0.15) is 49.2 Å². The van der Waals surface area contributed by atoms with Crippen LogP contribution in [0.15, 0.2) is 6.08 Å². The molecule has 0 aromatic carbocycles. The zero-order chi connectivity index (χ0) is 23.3. The summed E-state index contributed by atoms with van der Waals surface area (Å²) in [5, 5.41) is 5.60. The van der Waals surface area contributed by atoms with Crippen LogP contribution in [0.25, 0.3) is 6.08 Å². The van der Waals surface area contributed by atoms with Gasteiger partial charge in [0.2, 0.25) is 5.91 Å². The molecule has 0 aliphatic carbocycles. The lowest BCUT2D eigenvalue weighted by atomic mass is 9.86. The number of hydrogen-bond acceptors (Lipinski definition) is 6. The second-order valence-corrected chi connectivity index (χ2v) is 9.71. The summed E-state index contributed by atoms with van der Waals surface area (Å²) in [4.78, 5) is 35.0. The smallest absolute Gasteiger partial charge is 0.272 e.